The lowest BCUT2D eigenvalue weighted by Crippen LogP contribution is -2.69. The van der Waals surface area contributed by atoms with E-state index in [2.05, 4.69) is 4.98 Å². The van der Waals surface area contributed by atoms with Crippen molar-refractivity contribution in [2.24, 2.45) is 5.73 Å². The topological polar surface area (TPSA) is 117 Å². The van der Waals surface area contributed by atoms with Crippen LogP contribution >= 0.6 is 0 Å². The molecular weight excluding hydrogens is 336 g/mol. The van der Waals surface area contributed by atoms with E-state index in [0.29, 0.717) is 42.8 Å². The summed E-state index contributed by atoms with van der Waals surface area (Å²) in [6, 6.07) is 4.44. The molecule has 0 aromatic carbocycles. The van der Waals surface area contributed by atoms with Crippen molar-refractivity contribution in [3.63, 3.8) is 0 Å². The van der Waals surface area contributed by atoms with Crippen LogP contribution in [0.5, 0.6) is 0 Å². The van der Waals surface area contributed by atoms with Crippen LogP contribution in [0.1, 0.15) is 19.3 Å². The van der Waals surface area contributed by atoms with E-state index in [1.165, 1.54) is 4.90 Å². The van der Waals surface area contributed by atoms with E-state index < -0.39 is 12.0 Å². The van der Waals surface area contributed by atoms with Gasteiger partial charge in [0, 0.05) is 18.3 Å². The number of carbonyl (C=O) groups excluding carboxylic acids is 2. The van der Waals surface area contributed by atoms with Gasteiger partial charge in [0.05, 0.1) is 6.04 Å². The highest BCUT2D eigenvalue weighted by Gasteiger charge is 2.50. The molecule has 0 spiro atoms. The summed E-state index contributed by atoms with van der Waals surface area (Å²) in [5.74, 6) is -1.17. The number of carbonyl (C=O) groups is 3. The standard InChI is InChI=1S/C18H18N4O4/c19-14-12-5-4-10(15(18(25)26)22(12)17(14)24)9-11-6-8-21(16(11)23)13-3-1-2-7-20-13/h1-3,7,9,12,14H,4-6,8,19H2,(H,25,26)/b11-9+/t12-,14+/m1/s1. The van der Waals surface area contributed by atoms with Crippen LogP contribution in [0.25, 0.3) is 0 Å². The number of fused-ring (bicyclic) bond motifs is 1. The third-order valence-electron chi connectivity index (χ3n) is 5.12. The third kappa shape index (κ3) is 2.41. The van der Waals surface area contributed by atoms with Crippen molar-refractivity contribution in [1.29, 1.82) is 0 Å². The molecule has 2 amide bonds. The monoisotopic (exact) mass is 354 g/mol. The van der Waals surface area contributed by atoms with Crippen molar-refractivity contribution in [1.82, 2.24) is 9.88 Å². The molecule has 3 aliphatic rings. The predicted molar refractivity (Wildman–Crippen MR) is 91.8 cm³/mol. The first-order chi connectivity index (χ1) is 12.5. The van der Waals surface area contributed by atoms with Gasteiger partial charge in [0.15, 0.2) is 0 Å². The van der Waals surface area contributed by atoms with E-state index in [4.69, 9.17) is 5.73 Å². The maximum absolute atomic E-state index is 12.7. The van der Waals surface area contributed by atoms with Gasteiger partial charge < -0.3 is 10.8 Å². The van der Waals surface area contributed by atoms with Crippen LogP contribution < -0.4 is 10.6 Å². The number of hydrogen-bond donors (Lipinski definition) is 2. The van der Waals surface area contributed by atoms with Crippen molar-refractivity contribution in [2.45, 2.75) is 31.3 Å². The van der Waals surface area contributed by atoms with E-state index in [1.807, 2.05) is 6.07 Å². The Morgan fingerprint density at radius 1 is 1.31 bits per heavy atom. The van der Waals surface area contributed by atoms with E-state index >= 15 is 0 Å². The van der Waals surface area contributed by atoms with Crippen LogP contribution in [0.15, 0.2) is 47.3 Å². The van der Waals surface area contributed by atoms with Gasteiger partial charge in [0.2, 0.25) is 5.91 Å². The molecule has 0 unspecified atom stereocenters. The molecule has 4 heterocycles. The Balaban J connectivity index is 1.66. The molecule has 8 heteroatoms. The average molecular weight is 354 g/mol. The second-order valence-corrected chi connectivity index (χ2v) is 6.58. The summed E-state index contributed by atoms with van der Waals surface area (Å²) in [5, 5.41) is 9.58. The molecular formula is C18H18N4O4. The van der Waals surface area contributed by atoms with Crippen LogP contribution in [0.2, 0.25) is 0 Å². The molecule has 134 valence electrons. The van der Waals surface area contributed by atoms with E-state index in [-0.39, 0.29) is 23.6 Å². The smallest absolute Gasteiger partial charge is 0.352 e. The first kappa shape index (κ1) is 16.5. The van der Waals surface area contributed by atoms with Gasteiger partial charge in [0.25, 0.3) is 5.91 Å². The van der Waals surface area contributed by atoms with Crippen molar-refractivity contribution >= 4 is 23.6 Å². The Morgan fingerprint density at radius 2 is 2.12 bits per heavy atom. The minimum Gasteiger partial charge on any atom is -0.477 e. The Bertz CT molecular complexity index is 861. The number of aliphatic carboxylic acids is 1. The van der Waals surface area contributed by atoms with Crippen LogP contribution in [-0.2, 0) is 14.4 Å². The molecule has 1 aromatic rings. The molecule has 3 N–H and O–H groups in total. The van der Waals surface area contributed by atoms with Gasteiger partial charge >= 0.3 is 5.97 Å². The van der Waals surface area contributed by atoms with E-state index in [1.54, 1.807) is 29.3 Å². The van der Waals surface area contributed by atoms with Crippen molar-refractivity contribution in [3.05, 3.63) is 47.3 Å². The van der Waals surface area contributed by atoms with Crippen molar-refractivity contribution < 1.29 is 19.5 Å². The zero-order valence-electron chi connectivity index (χ0n) is 14.0. The summed E-state index contributed by atoms with van der Waals surface area (Å²) in [7, 11) is 0. The lowest BCUT2D eigenvalue weighted by atomic mass is 9.83. The highest BCUT2D eigenvalue weighted by Crippen LogP contribution is 2.37. The number of allylic oxidation sites excluding steroid dienone is 2. The molecule has 0 bridgehead atoms. The Morgan fingerprint density at radius 3 is 2.81 bits per heavy atom. The lowest BCUT2D eigenvalue weighted by Gasteiger charge is -2.48. The number of anilines is 1. The summed E-state index contributed by atoms with van der Waals surface area (Å²) in [4.78, 5) is 43.4. The molecule has 0 saturated carbocycles. The summed E-state index contributed by atoms with van der Waals surface area (Å²) >= 11 is 0. The average Bonchev–Trinajstić information content (AvgIpc) is 3.01. The fraction of sp³-hybridized carbons (Fsp3) is 0.333. The molecule has 4 rings (SSSR count). The quantitative estimate of drug-likeness (QED) is 0.600. The number of β-lactam (4-membered cyclic amide) rings is 1. The molecule has 2 atom stereocenters. The Kier molecular flexibility index (Phi) is 3.84. The number of carboxylic acids is 1. The summed E-state index contributed by atoms with van der Waals surface area (Å²) < 4.78 is 0. The predicted octanol–water partition coefficient (Wildman–Crippen LogP) is 0.415. The zero-order chi connectivity index (χ0) is 18.4. The summed E-state index contributed by atoms with van der Waals surface area (Å²) in [6.07, 6.45) is 4.82. The largest absolute Gasteiger partial charge is 0.477 e. The van der Waals surface area contributed by atoms with Gasteiger partial charge in [0.1, 0.15) is 17.6 Å². The van der Waals surface area contributed by atoms with Gasteiger partial charge in [-0.3, -0.25) is 19.4 Å². The number of hydrogen-bond acceptors (Lipinski definition) is 5. The molecule has 2 fully saturated rings. The summed E-state index contributed by atoms with van der Waals surface area (Å²) in [5.41, 5.74) is 6.74. The van der Waals surface area contributed by atoms with Gasteiger partial charge in [-0.25, -0.2) is 9.78 Å². The number of nitrogens with two attached hydrogens (primary N) is 1. The number of amides is 2. The van der Waals surface area contributed by atoms with Gasteiger partial charge in [-0.05, 0) is 43.0 Å². The zero-order valence-corrected chi connectivity index (χ0v) is 14.0. The van der Waals surface area contributed by atoms with Crippen LogP contribution in [0.4, 0.5) is 5.82 Å². The normalized spacial score (nSPS) is 27.0. The minimum absolute atomic E-state index is 0.0514. The Hall–Kier alpha value is -3.00. The van der Waals surface area contributed by atoms with Crippen molar-refractivity contribution in [3.8, 4) is 0 Å². The highest BCUT2D eigenvalue weighted by molar-refractivity contribution is 6.08. The van der Waals surface area contributed by atoms with Crippen LogP contribution in [0.3, 0.4) is 0 Å². The number of aromatic nitrogens is 1. The molecule has 2 saturated heterocycles. The fourth-order valence-corrected chi connectivity index (χ4v) is 3.80. The second-order valence-electron chi connectivity index (χ2n) is 6.58. The minimum atomic E-state index is -1.17. The van der Waals surface area contributed by atoms with E-state index in [9.17, 15) is 19.5 Å². The molecule has 0 aliphatic carbocycles. The second kappa shape index (κ2) is 6.06. The fourth-order valence-electron chi connectivity index (χ4n) is 3.80. The number of carboxylic acid groups (broad SMARTS) is 1. The first-order valence-corrected chi connectivity index (χ1v) is 8.47. The molecule has 3 aliphatic heterocycles. The summed E-state index contributed by atoms with van der Waals surface area (Å²) in [6.45, 7) is 0.494. The Labute approximate surface area is 149 Å². The molecule has 1 aromatic heterocycles. The van der Waals surface area contributed by atoms with Gasteiger partial charge in [-0.15, -0.1) is 0 Å². The SMILES string of the molecule is N[C@@H]1C(=O)N2C(C(=O)O)=C(/C=C3\CCN(c4ccccn4)C3=O)CC[C@H]12. The van der Waals surface area contributed by atoms with Crippen molar-refractivity contribution in [2.75, 3.05) is 11.4 Å². The number of rotatable bonds is 3. The maximum atomic E-state index is 12.7. The van der Waals surface area contributed by atoms with Gasteiger partial charge in [-0.1, -0.05) is 6.07 Å². The third-order valence-corrected chi connectivity index (χ3v) is 5.12. The number of nitrogens with zero attached hydrogens (tertiary/aromatic N) is 3. The maximum Gasteiger partial charge on any atom is 0.352 e. The van der Waals surface area contributed by atoms with Gasteiger partial charge in [-0.2, -0.15) is 0 Å². The van der Waals surface area contributed by atoms with E-state index in [0.717, 1.165) is 0 Å². The van der Waals surface area contributed by atoms with Crippen LogP contribution in [0, 0.1) is 0 Å². The lowest BCUT2D eigenvalue weighted by molar-refractivity contribution is -0.152. The van der Waals surface area contributed by atoms with Crippen LogP contribution in [-0.4, -0.2) is 51.4 Å². The highest BCUT2D eigenvalue weighted by atomic mass is 16.4. The molecule has 0 radical (unpaired) electrons. The molecule has 8 nitrogen and oxygen atoms in total. The first-order valence-electron chi connectivity index (χ1n) is 8.47. The molecule has 26 heavy (non-hydrogen) atoms. The number of pyridine rings is 1.